The van der Waals surface area contributed by atoms with Crippen LogP contribution in [0.5, 0.6) is 5.75 Å². The van der Waals surface area contributed by atoms with Gasteiger partial charge >= 0.3 is 0 Å². The highest BCUT2D eigenvalue weighted by molar-refractivity contribution is 5.88. The van der Waals surface area contributed by atoms with Crippen LogP contribution in [0.4, 0.5) is 5.82 Å². The van der Waals surface area contributed by atoms with E-state index in [1.54, 1.807) is 31.1 Å². The number of piperazine rings is 1. The number of anilines is 1. The van der Waals surface area contributed by atoms with E-state index in [2.05, 4.69) is 44.7 Å². The SMILES string of the molecule is C=C(/C=C\C(=NC)OC)CN1C2CC1CN(c1ccc(-c3cc(OC4CC(O)C4)cn4ncc(C#N)c34)cn1)C2. The molecule has 0 amide bonds. The van der Waals surface area contributed by atoms with Crippen molar-refractivity contribution in [3.63, 3.8) is 0 Å². The molecule has 4 fully saturated rings. The topological polar surface area (TPSA) is 112 Å². The summed E-state index contributed by atoms with van der Waals surface area (Å²) >= 11 is 0. The number of aliphatic hydroxyl groups is 1. The molecule has 3 aromatic rings. The van der Waals surface area contributed by atoms with E-state index in [1.165, 1.54) is 6.42 Å². The van der Waals surface area contributed by atoms with Gasteiger partial charge in [0.25, 0.3) is 0 Å². The van der Waals surface area contributed by atoms with Crippen molar-refractivity contribution in [2.45, 2.75) is 43.6 Å². The van der Waals surface area contributed by atoms with E-state index in [0.717, 1.165) is 47.7 Å². The molecule has 2 atom stereocenters. The Morgan fingerprint density at radius 3 is 2.67 bits per heavy atom. The van der Waals surface area contributed by atoms with Gasteiger partial charge in [-0.05, 0) is 30.2 Å². The minimum absolute atomic E-state index is 0.0156. The molecule has 0 radical (unpaired) electrons. The molecule has 4 aliphatic rings. The number of pyridine rings is 2. The number of nitriles is 1. The van der Waals surface area contributed by atoms with Crippen LogP contribution in [0.25, 0.3) is 16.6 Å². The van der Waals surface area contributed by atoms with Gasteiger partial charge in [-0.15, -0.1) is 0 Å². The zero-order chi connectivity index (χ0) is 27.8. The van der Waals surface area contributed by atoms with Crippen LogP contribution >= 0.6 is 0 Å². The quantitative estimate of drug-likeness (QED) is 0.264. The van der Waals surface area contributed by atoms with Gasteiger partial charge in [-0.3, -0.25) is 9.89 Å². The first-order valence-electron chi connectivity index (χ1n) is 13.6. The van der Waals surface area contributed by atoms with Gasteiger partial charge in [0.1, 0.15) is 23.7 Å². The smallest absolute Gasteiger partial charge is 0.207 e. The Morgan fingerprint density at radius 1 is 1.23 bits per heavy atom. The summed E-state index contributed by atoms with van der Waals surface area (Å²) in [6, 6.07) is 9.23. The zero-order valence-electron chi connectivity index (χ0n) is 22.8. The maximum atomic E-state index is 9.67. The summed E-state index contributed by atoms with van der Waals surface area (Å²) in [5.74, 6) is 2.19. The first-order valence-corrected chi connectivity index (χ1v) is 13.6. The van der Waals surface area contributed by atoms with Crippen LogP contribution in [0.15, 0.2) is 66.1 Å². The van der Waals surface area contributed by atoms with Crippen LogP contribution < -0.4 is 9.64 Å². The molecule has 10 heteroatoms. The molecule has 6 heterocycles. The Balaban J connectivity index is 1.16. The van der Waals surface area contributed by atoms with Gasteiger partial charge in [0.15, 0.2) is 0 Å². The zero-order valence-corrected chi connectivity index (χ0v) is 22.8. The average Bonchev–Trinajstić information content (AvgIpc) is 3.38. The summed E-state index contributed by atoms with van der Waals surface area (Å²) in [6.45, 7) is 6.88. The molecule has 7 rings (SSSR count). The number of nitrogens with zero attached hydrogens (tertiary/aromatic N) is 7. The normalized spacial score (nSPS) is 24.4. The van der Waals surface area contributed by atoms with Gasteiger partial charge in [0, 0.05) is 75.0 Å². The molecule has 3 saturated heterocycles. The fourth-order valence-electron chi connectivity index (χ4n) is 5.86. The molecule has 3 aromatic heterocycles. The Morgan fingerprint density at radius 2 is 2.02 bits per heavy atom. The van der Waals surface area contributed by atoms with Crippen LogP contribution in [0.3, 0.4) is 0 Å². The predicted molar refractivity (Wildman–Crippen MR) is 153 cm³/mol. The Bertz CT molecular complexity index is 1500. The second-order valence-corrected chi connectivity index (χ2v) is 10.7. The number of aromatic nitrogens is 3. The molecule has 1 aliphatic carbocycles. The van der Waals surface area contributed by atoms with E-state index in [9.17, 15) is 10.4 Å². The van der Waals surface area contributed by atoms with E-state index < -0.39 is 0 Å². The molecule has 10 nitrogen and oxygen atoms in total. The molecule has 0 aromatic carbocycles. The summed E-state index contributed by atoms with van der Waals surface area (Å²) in [5, 5.41) is 23.7. The highest BCUT2D eigenvalue weighted by Crippen LogP contribution is 2.36. The molecule has 206 valence electrons. The fraction of sp³-hybridized carbons (Fsp3) is 0.400. The van der Waals surface area contributed by atoms with Crippen molar-refractivity contribution in [2.24, 2.45) is 4.99 Å². The lowest BCUT2D eigenvalue weighted by molar-refractivity contribution is -0.0109. The van der Waals surface area contributed by atoms with Crippen LogP contribution in [0.2, 0.25) is 0 Å². The second-order valence-electron chi connectivity index (χ2n) is 10.7. The number of aliphatic hydroxyl groups excluding tert-OH is 1. The highest BCUT2D eigenvalue weighted by atomic mass is 16.5. The minimum Gasteiger partial charge on any atom is -0.489 e. The van der Waals surface area contributed by atoms with Crippen molar-refractivity contribution >= 4 is 17.2 Å². The van der Waals surface area contributed by atoms with Crippen LogP contribution in [0, 0.1) is 11.3 Å². The van der Waals surface area contributed by atoms with E-state index in [4.69, 9.17) is 14.5 Å². The Labute approximate surface area is 233 Å². The lowest BCUT2D eigenvalue weighted by atomic mass is 9.86. The molecule has 2 unspecified atom stereocenters. The van der Waals surface area contributed by atoms with E-state index >= 15 is 0 Å². The predicted octanol–water partition coefficient (Wildman–Crippen LogP) is 3.22. The number of aliphatic imine (C=N–C) groups is 1. The van der Waals surface area contributed by atoms with E-state index in [-0.39, 0.29) is 12.2 Å². The van der Waals surface area contributed by atoms with Crippen LogP contribution in [-0.4, -0.2) is 88.6 Å². The fourth-order valence-corrected chi connectivity index (χ4v) is 5.86. The number of fused-ring (bicyclic) bond motifs is 3. The van der Waals surface area contributed by atoms with Crippen LogP contribution in [-0.2, 0) is 4.74 Å². The summed E-state index contributed by atoms with van der Waals surface area (Å²) in [7, 11) is 3.32. The van der Waals surface area contributed by atoms with E-state index in [0.29, 0.717) is 42.1 Å². The summed E-state index contributed by atoms with van der Waals surface area (Å²) in [5.41, 5.74) is 3.99. The summed E-state index contributed by atoms with van der Waals surface area (Å²) in [4.78, 5) is 13.8. The third-order valence-electron chi connectivity index (χ3n) is 8.08. The third kappa shape index (κ3) is 4.94. The molecule has 40 heavy (non-hydrogen) atoms. The number of methoxy groups -OCH3 is 1. The van der Waals surface area contributed by atoms with Gasteiger partial charge in [0.2, 0.25) is 5.90 Å². The molecule has 0 spiro atoms. The highest BCUT2D eigenvalue weighted by Gasteiger charge is 2.44. The second kappa shape index (κ2) is 10.8. The first kappa shape index (κ1) is 26.0. The third-order valence-corrected chi connectivity index (χ3v) is 8.08. The van der Waals surface area contributed by atoms with E-state index in [1.807, 2.05) is 24.4 Å². The summed E-state index contributed by atoms with van der Waals surface area (Å²) < 4.78 is 13.0. The maximum absolute atomic E-state index is 9.67. The molecule has 3 aliphatic heterocycles. The van der Waals surface area contributed by atoms with Crippen LogP contribution in [0.1, 0.15) is 24.8 Å². The van der Waals surface area contributed by atoms with Crippen molar-refractivity contribution in [2.75, 3.05) is 38.7 Å². The first-order chi connectivity index (χ1) is 19.4. The van der Waals surface area contributed by atoms with Crippen molar-refractivity contribution in [3.8, 4) is 22.9 Å². The molecule has 1 N–H and O–H groups in total. The van der Waals surface area contributed by atoms with Gasteiger partial charge in [-0.1, -0.05) is 12.7 Å². The minimum atomic E-state index is -0.298. The number of hydrogen-bond acceptors (Lipinski definition) is 9. The van der Waals surface area contributed by atoms with Crippen molar-refractivity contribution in [1.29, 1.82) is 5.26 Å². The average molecular weight is 540 g/mol. The largest absolute Gasteiger partial charge is 0.489 e. The monoisotopic (exact) mass is 539 g/mol. The van der Waals surface area contributed by atoms with Crippen molar-refractivity contribution in [1.82, 2.24) is 19.5 Å². The molecular formula is C30H33N7O3. The van der Waals surface area contributed by atoms with Gasteiger partial charge in [-0.2, -0.15) is 10.4 Å². The Kier molecular flexibility index (Phi) is 7.00. The maximum Gasteiger partial charge on any atom is 0.207 e. The Hall–Kier alpha value is -4.20. The number of rotatable bonds is 8. The number of piperidine rings is 1. The molecule has 1 saturated carbocycles. The van der Waals surface area contributed by atoms with Crippen molar-refractivity contribution < 1.29 is 14.6 Å². The standard InChI is InChI=1S/C30H33N7O3/c1-19(4-7-29(32-2)39-3)15-36-22-8-23(36)17-35(16-22)28-6-5-20(13-33-28)27-11-26(40-25-9-24(38)10-25)18-37-30(27)21(12-31)14-34-37/h4-7,11,13-14,18,22-25,38H,1,8-10,15-17H2,2-3H3/b7-4-,32-29?. The molecular weight excluding hydrogens is 506 g/mol. The molecule has 2 bridgehead atoms. The number of ether oxygens (including phenoxy) is 2. The van der Waals surface area contributed by atoms with Gasteiger partial charge < -0.3 is 19.5 Å². The lowest BCUT2D eigenvalue weighted by Crippen LogP contribution is -2.69. The number of hydrogen-bond donors (Lipinski definition) is 1. The lowest BCUT2D eigenvalue weighted by Gasteiger charge is -2.56. The van der Waals surface area contributed by atoms with Crippen molar-refractivity contribution in [3.05, 3.63) is 66.7 Å². The summed E-state index contributed by atoms with van der Waals surface area (Å²) in [6.07, 6.45) is 11.2. The van der Waals surface area contributed by atoms with Gasteiger partial charge in [-0.25, -0.2) is 9.50 Å². The van der Waals surface area contributed by atoms with Gasteiger partial charge in [0.05, 0.1) is 36.7 Å².